The van der Waals surface area contributed by atoms with Crippen LogP contribution in [0.15, 0.2) is 18.2 Å². The number of nitrogens with zero attached hydrogens (tertiary/aromatic N) is 1. The third-order valence-corrected chi connectivity index (χ3v) is 2.42. The standard InChI is InChI=1S/C13H18N4O/c1-2-6-17-13(18)5-7-16-12-8-10(9-14)3-4-11(12)15/h3-4,8,16H,2,5-7,15H2,1H3,(H,17,18). The number of anilines is 2. The van der Waals surface area contributed by atoms with Gasteiger partial charge in [0.25, 0.3) is 0 Å². The van der Waals surface area contributed by atoms with Crippen LogP contribution in [0.25, 0.3) is 0 Å². The number of hydrogen-bond acceptors (Lipinski definition) is 4. The van der Waals surface area contributed by atoms with Gasteiger partial charge in [0.2, 0.25) is 5.91 Å². The summed E-state index contributed by atoms with van der Waals surface area (Å²) in [5, 5.41) is 14.6. The molecular weight excluding hydrogens is 228 g/mol. The summed E-state index contributed by atoms with van der Waals surface area (Å²) in [5.41, 5.74) is 7.58. The smallest absolute Gasteiger partial charge is 0.221 e. The van der Waals surface area contributed by atoms with Crippen LogP contribution in [0.2, 0.25) is 0 Å². The number of carbonyl (C=O) groups excluding carboxylic acids is 1. The van der Waals surface area contributed by atoms with Crippen LogP contribution in [0.3, 0.4) is 0 Å². The van der Waals surface area contributed by atoms with Crippen molar-refractivity contribution in [2.24, 2.45) is 0 Å². The Bertz CT molecular complexity index is 451. The molecule has 4 N–H and O–H groups in total. The van der Waals surface area contributed by atoms with E-state index >= 15 is 0 Å². The first kappa shape index (κ1) is 13.8. The van der Waals surface area contributed by atoms with E-state index in [0.717, 1.165) is 6.42 Å². The van der Waals surface area contributed by atoms with Gasteiger partial charge in [0.15, 0.2) is 0 Å². The van der Waals surface area contributed by atoms with Crippen molar-refractivity contribution in [2.45, 2.75) is 19.8 Å². The van der Waals surface area contributed by atoms with Crippen LogP contribution >= 0.6 is 0 Å². The highest BCUT2D eigenvalue weighted by molar-refractivity contribution is 5.77. The van der Waals surface area contributed by atoms with Crippen LogP contribution in [0.1, 0.15) is 25.3 Å². The maximum absolute atomic E-state index is 11.4. The third kappa shape index (κ3) is 4.34. The maximum Gasteiger partial charge on any atom is 0.221 e. The quantitative estimate of drug-likeness (QED) is 0.663. The van der Waals surface area contributed by atoms with Crippen LogP contribution < -0.4 is 16.4 Å². The fourth-order valence-corrected chi connectivity index (χ4v) is 1.44. The van der Waals surface area contributed by atoms with Crippen LogP contribution in [0.5, 0.6) is 0 Å². The van der Waals surface area contributed by atoms with Gasteiger partial charge in [-0.05, 0) is 24.6 Å². The average molecular weight is 246 g/mol. The molecule has 0 atom stereocenters. The number of nitrogens with two attached hydrogens (primary N) is 1. The number of amides is 1. The number of rotatable bonds is 6. The number of nitrogen functional groups attached to an aromatic ring is 1. The molecule has 0 aliphatic heterocycles. The Balaban J connectivity index is 2.44. The summed E-state index contributed by atoms with van der Waals surface area (Å²) in [7, 11) is 0. The van der Waals surface area contributed by atoms with Gasteiger partial charge < -0.3 is 16.4 Å². The Kier molecular flexibility index (Phi) is 5.52. The Morgan fingerprint density at radius 2 is 2.22 bits per heavy atom. The lowest BCUT2D eigenvalue weighted by Crippen LogP contribution is -2.25. The summed E-state index contributed by atoms with van der Waals surface area (Å²) >= 11 is 0. The van der Waals surface area contributed by atoms with Crippen molar-refractivity contribution in [2.75, 3.05) is 24.1 Å². The Labute approximate surface area is 107 Å². The Morgan fingerprint density at radius 1 is 1.44 bits per heavy atom. The molecule has 0 radical (unpaired) electrons. The number of benzene rings is 1. The summed E-state index contributed by atoms with van der Waals surface area (Å²) in [6, 6.07) is 7.07. The summed E-state index contributed by atoms with van der Waals surface area (Å²) < 4.78 is 0. The average Bonchev–Trinajstić information content (AvgIpc) is 2.38. The second-order valence-electron chi connectivity index (χ2n) is 3.94. The van der Waals surface area contributed by atoms with Crippen molar-refractivity contribution in [1.29, 1.82) is 5.26 Å². The lowest BCUT2D eigenvalue weighted by atomic mass is 10.2. The van der Waals surface area contributed by atoms with Gasteiger partial charge in [-0.1, -0.05) is 6.92 Å². The fourth-order valence-electron chi connectivity index (χ4n) is 1.44. The molecule has 0 unspecified atom stereocenters. The van der Waals surface area contributed by atoms with Crippen molar-refractivity contribution >= 4 is 17.3 Å². The lowest BCUT2D eigenvalue weighted by molar-refractivity contribution is -0.120. The summed E-state index contributed by atoms with van der Waals surface area (Å²) in [6.45, 7) is 3.20. The van der Waals surface area contributed by atoms with Crippen LogP contribution in [-0.4, -0.2) is 19.0 Å². The van der Waals surface area contributed by atoms with E-state index in [-0.39, 0.29) is 5.91 Å². The first-order valence-electron chi connectivity index (χ1n) is 5.97. The van der Waals surface area contributed by atoms with Crippen molar-refractivity contribution in [3.8, 4) is 6.07 Å². The van der Waals surface area contributed by atoms with Crippen LogP contribution in [-0.2, 0) is 4.79 Å². The molecule has 1 aromatic rings. The third-order valence-electron chi connectivity index (χ3n) is 2.42. The fraction of sp³-hybridized carbons (Fsp3) is 0.385. The van der Waals surface area contributed by atoms with Crippen molar-refractivity contribution in [1.82, 2.24) is 5.32 Å². The largest absolute Gasteiger partial charge is 0.397 e. The second kappa shape index (κ2) is 7.17. The maximum atomic E-state index is 11.4. The number of carbonyl (C=O) groups is 1. The van der Waals surface area contributed by atoms with Crippen molar-refractivity contribution in [3.05, 3.63) is 23.8 Å². The predicted octanol–water partition coefficient (Wildman–Crippen LogP) is 1.47. The van der Waals surface area contributed by atoms with E-state index < -0.39 is 0 Å². The summed E-state index contributed by atoms with van der Waals surface area (Å²) in [5.74, 6) is 0.0133. The molecule has 0 aliphatic carbocycles. The zero-order chi connectivity index (χ0) is 13.4. The van der Waals surface area contributed by atoms with E-state index in [1.54, 1.807) is 18.2 Å². The monoisotopic (exact) mass is 246 g/mol. The molecule has 0 fully saturated rings. The molecular formula is C13H18N4O. The van der Waals surface area contributed by atoms with Gasteiger partial charge in [0.1, 0.15) is 0 Å². The number of nitrogens with one attached hydrogen (secondary N) is 2. The lowest BCUT2D eigenvalue weighted by Gasteiger charge is -2.09. The zero-order valence-corrected chi connectivity index (χ0v) is 10.5. The minimum absolute atomic E-state index is 0.0133. The molecule has 0 bridgehead atoms. The van der Waals surface area contributed by atoms with E-state index in [9.17, 15) is 4.79 Å². The van der Waals surface area contributed by atoms with E-state index in [2.05, 4.69) is 10.6 Å². The Hall–Kier alpha value is -2.22. The molecule has 18 heavy (non-hydrogen) atoms. The highest BCUT2D eigenvalue weighted by atomic mass is 16.1. The van der Waals surface area contributed by atoms with Gasteiger partial charge in [-0.25, -0.2) is 0 Å². The van der Waals surface area contributed by atoms with E-state index in [4.69, 9.17) is 11.0 Å². The van der Waals surface area contributed by atoms with Gasteiger partial charge in [0, 0.05) is 19.5 Å². The zero-order valence-electron chi connectivity index (χ0n) is 10.5. The van der Waals surface area contributed by atoms with Gasteiger partial charge in [-0.2, -0.15) is 5.26 Å². The molecule has 0 aromatic heterocycles. The van der Waals surface area contributed by atoms with Crippen molar-refractivity contribution in [3.63, 3.8) is 0 Å². The molecule has 96 valence electrons. The molecule has 0 spiro atoms. The molecule has 0 heterocycles. The second-order valence-corrected chi connectivity index (χ2v) is 3.94. The predicted molar refractivity (Wildman–Crippen MR) is 72.0 cm³/mol. The summed E-state index contributed by atoms with van der Waals surface area (Å²) in [6.07, 6.45) is 1.31. The molecule has 0 saturated heterocycles. The van der Waals surface area contributed by atoms with E-state index in [1.165, 1.54) is 0 Å². The Morgan fingerprint density at radius 3 is 2.89 bits per heavy atom. The molecule has 1 rings (SSSR count). The van der Waals surface area contributed by atoms with Gasteiger partial charge >= 0.3 is 0 Å². The normalized spacial score (nSPS) is 9.56. The van der Waals surface area contributed by atoms with E-state index in [0.29, 0.717) is 36.4 Å². The first-order chi connectivity index (χ1) is 8.67. The van der Waals surface area contributed by atoms with Crippen LogP contribution in [0.4, 0.5) is 11.4 Å². The topological polar surface area (TPSA) is 90.9 Å². The number of nitriles is 1. The van der Waals surface area contributed by atoms with Gasteiger partial charge in [0.05, 0.1) is 23.0 Å². The minimum Gasteiger partial charge on any atom is -0.397 e. The minimum atomic E-state index is 0.0133. The highest BCUT2D eigenvalue weighted by Crippen LogP contribution is 2.19. The molecule has 1 amide bonds. The first-order valence-corrected chi connectivity index (χ1v) is 5.97. The van der Waals surface area contributed by atoms with Gasteiger partial charge in [-0.3, -0.25) is 4.79 Å². The molecule has 5 nitrogen and oxygen atoms in total. The van der Waals surface area contributed by atoms with Crippen molar-refractivity contribution < 1.29 is 4.79 Å². The van der Waals surface area contributed by atoms with E-state index in [1.807, 2.05) is 13.0 Å². The SMILES string of the molecule is CCCNC(=O)CCNc1cc(C#N)ccc1N. The molecule has 5 heteroatoms. The van der Waals surface area contributed by atoms with Crippen LogP contribution in [0, 0.1) is 11.3 Å². The summed E-state index contributed by atoms with van der Waals surface area (Å²) in [4.78, 5) is 11.4. The molecule has 1 aromatic carbocycles. The molecule has 0 saturated carbocycles. The number of hydrogen-bond donors (Lipinski definition) is 3. The highest BCUT2D eigenvalue weighted by Gasteiger charge is 2.03. The van der Waals surface area contributed by atoms with Gasteiger partial charge in [-0.15, -0.1) is 0 Å². The molecule has 0 aliphatic rings.